The van der Waals surface area contributed by atoms with Gasteiger partial charge in [-0.1, -0.05) is 12.5 Å². The highest BCUT2D eigenvalue weighted by Gasteiger charge is 2.22. The number of carbonyl (C=O) groups excluding carboxylic acids is 3. The Kier molecular flexibility index (Phi) is 7.93. The van der Waals surface area contributed by atoms with Gasteiger partial charge >= 0.3 is 6.09 Å². The molecule has 7 heteroatoms. The molecule has 1 heterocycles. The van der Waals surface area contributed by atoms with Crippen LogP contribution in [0.25, 0.3) is 0 Å². The maximum atomic E-state index is 12.3. The summed E-state index contributed by atoms with van der Waals surface area (Å²) in [5.74, 6) is -0.166. The summed E-state index contributed by atoms with van der Waals surface area (Å²) in [5.41, 5.74) is 0.449. The zero-order valence-electron chi connectivity index (χ0n) is 16.1. The Labute approximate surface area is 150 Å². The van der Waals surface area contributed by atoms with Gasteiger partial charge in [-0.3, -0.25) is 9.59 Å². The van der Waals surface area contributed by atoms with E-state index in [4.69, 9.17) is 4.74 Å². The van der Waals surface area contributed by atoms with Crippen molar-refractivity contribution in [3.8, 4) is 0 Å². The lowest BCUT2D eigenvalue weighted by atomic mass is 10.2. The SMILES string of the molecule is CC/C(C)=C/C(=O)N1CCCN(C(=O)CNC(=O)OC(C)(C)C)CC1. The summed E-state index contributed by atoms with van der Waals surface area (Å²) in [4.78, 5) is 39.6. The molecule has 1 rings (SSSR count). The lowest BCUT2D eigenvalue weighted by Gasteiger charge is -2.23. The van der Waals surface area contributed by atoms with Crippen LogP contribution in [0.2, 0.25) is 0 Å². The van der Waals surface area contributed by atoms with Gasteiger partial charge in [0.2, 0.25) is 11.8 Å². The maximum Gasteiger partial charge on any atom is 0.408 e. The summed E-state index contributed by atoms with van der Waals surface area (Å²) in [5, 5.41) is 2.48. The smallest absolute Gasteiger partial charge is 0.408 e. The molecule has 0 radical (unpaired) electrons. The Morgan fingerprint density at radius 3 is 2.28 bits per heavy atom. The van der Waals surface area contributed by atoms with Gasteiger partial charge < -0.3 is 19.9 Å². The first kappa shape index (κ1) is 21.0. The van der Waals surface area contributed by atoms with E-state index in [1.54, 1.807) is 36.6 Å². The highest BCUT2D eigenvalue weighted by atomic mass is 16.6. The molecule has 142 valence electrons. The highest BCUT2D eigenvalue weighted by molar-refractivity contribution is 5.88. The lowest BCUT2D eigenvalue weighted by Crippen LogP contribution is -2.43. The van der Waals surface area contributed by atoms with Crippen LogP contribution in [0.15, 0.2) is 11.6 Å². The third-order valence-electron chi connectivity index (χ3n) is 3.87. The summed E-state index contributed by atoms with van der Waals surface area (Å²) in [6.45, 7) is 11.3. The lowest BCUT2D eigenvalue weighted by molar-refractivity contribution is -0.131. The molecule has 0 saturated carbocycles. The first-order valence-corrected chi connectivity index (χ1v) is 8.83. The van der Waals surface area contributed by atoms with Gasteiger partial charge in [0.1, 0.15) is 12.1 Å². The van der Waals surface area contributed by atoms with Crippen molar-refractivity contribution < 1.29 is 19.1 Å². The van der Waals surface area contributed by atoms with Crippen molar-refractivity contribution >= 4 is 17.9 Å². The molecule has 1 saturated heterocycles. The van der Waals surface area contributed by atoms with Crippen molar-refractivity contribution in [2.45, 2.75) is 53.1 Å². The molecule has 0 aromatic heterocycles. The average molecular weight is 353 g/mol. The Bertz CT molecular complexity index is 523. The number of carbonyl (C=O) groups is 3. The quantitative estimate of drug-likeness (QED) is 0.783. The third-order valence-corrected chi connectivity index (χ3v) is 3.87. The van der Waals surface area contributed by atoms with Crippen LogP contribution in [0.3, 0.4) is 0 Å². The predicted molar refractivity (Wildman–Crippen MR) is 96.1 cm³/mol. The molecule has 0 bridgehead atoms. The number of rotatable bonds is 4. The van der Waals surface area contributed by atoms with E-state index in [0.717, 1.165) is 18.4 Å². The molecule has 0 aromatic rings. The van der Waals surface area contributed by atoms with Gasteiger partial charge in [-0.25, -0.2) is 4.79 Å². The fourth-order valence-electron chi connectivity index (χ4n) is 2.37. The molecular weight excluding hydrogens is 322 g/mol. The van der Waals surface area contributed by atoms with Crippen LogP contribution in [0.4, 0.5) is 4.79 Å². The van der Waals surface area contributed by atoms with E-state index in [2.05, 4.69) is 5.32 Å². The van der Waals surface area contributed by atoms with Crippen LogP contribution in [-0.4, -0.2) is 66.0 Å². The summed E-state index contributed by atoms with van der Waals surface area (Å²) < 4.78 is 5.12. The van der Waals surface area contributed by atoms with Crippen LogP contribution in [0.5, 0.6) is 0 Å². The molecule has 0 unspecified atom stereocenters. The molecule has 0 aliphatic carbocycles. The fraction of sp³-hybridized carbons (Fsp3) is 0.722. The van der Waals surface area contributed by atoms with Crippen molar-refractivity contribution in [2.24, 2.45) is 0 Å². The average Bonchev–Trinajstić information content (AvgIpc) is 2.76. The van der Waals surface area contributed by atoms with Crippen molar-refractivity contribution in [3.05, 3.63) is 11.6 Å². The Hall–Kier alpha value is -2.05. The van der Waals surface area contributed by atoms with Gasteiger partial charge in [0, 0.05) is 32.3 Å². The second kappa shape index (κ2) is 9.44. The van der Waals surface area contributed by atoms with Crippen LogP contribution < -0.4 is 5.32 Å². The largest absolute Gasteiger partial charge is 0.444 e. The number of alkyl carbamates (subject to hydrolysis) is 1. The maximum absolute atomic E-state index is 12.3. The van der Waals surface area contributed by atoms with E-state index in [9.17, 15) is 14.4 Å². The van der Waals surface area contributed by atoms with E-state index < -0.39 is 11.7 Å². The molecule has 0 atom stereocenters. The number of hydrogen-bond donors (Lipinski definition) is 1. The second-order valence-electron chi connectivity index (χ2n) is 7.26. The van der Waals surface area contributed by atoms with Gasteiger partial charge in [0.25, 0.3) is 0 Å². The zero-order chi connectivity index (χ0) is 19.0. The molecule has 1 N–H and O–H groups in total. The van der Waals surface area contributed by atoms with E-state index in [1.165, 1.54) is 0 Å². The first-order chi connectivity index (χ1) is 11.6. The second-order valence-corrected chi connectivity index (χ2v) is 7.26. The molecule has 0 aromatic carbocycles. The third kappa shape index (κ3) is 8.05. The summed E-state index contributed by atoms with van der Waals surface area (Å²) in [6.07, 6.45) is 2.64. The first-order valence-electron chi connectivity index (χ1n) is 8.83. The minimum atomic E-state index is -0.604. The monoisotopic (exact) mass is 353 g/mol. The topological polar surface area (TPSA) is 79.0 Å². The molecule has 3 amide bonds. The molecule has 1 aliphatic heterocycles. The van der Waals surface area contributed by atoms with Crippen molar-refractivity contribution in [1.29, 1.82) is 0 Å². The van der Waals surface area contributed by atoms with Gasteiger partial charge in [0.15, 0.2) is 0 Å². The van der Waals surface area contributed by atoms with E-state index in [0.29, 0.717) is 26.2 Å². The highest BCUT2D eigenvalue weighted by Crippen LogP contribution is 2.08. The van der Waals surface area contributed by atoms with E-state index in [-0.39, 0.29) is 18.4 Å². The molecule has 0 spiro atoms. The molecule has 7 nitrogen and oxygen atoms in total. The summed E-state index contributed by atoms with van der Waals surface area (Å²) in [6, 6.07) is 0. The normalized spacial score (nSPS) is 16.3. The standard InChI is InChI=1S/C18H31N3O4/c1-6-14(2)12-15(22)20-8-7-9-21(11-10-20)16(23)13-19-17(24)25-18(3,4)5/h12H,6-11,13H2,1-5H3,(H,19,24)/b14-12+. The molecular formula is C18H31N3O4. The molecule has 1 fully saturated rings. The minimum Gasteiger partial charge on any atom is -0.444 e. The summed E-state index contributed by atoms with van der Waals surface area (Å²) >= 11 is 0. The number of ether oxygens (including phenoxy) is 1. The zero-order valence-corrected chi connectivity index (χ0v) is 16.1. The van der Waals surface area contributed by atoms with Crippen LogP contribution in [0.1, 0.15) is 47.5 Å². The van der Waals surface area contributed by atoms with Crippen LogP contribution in [0, 0.1) is 0 Å². The van der Waals surface area contributed by atoms with Crippen LogP contribution in [-0.2, 0) is 14.3 Å². The molecule has 1 aliphatic rings. The van der Waals surface area contributed by atoms with E-state index in [1.807, 2.05) is 13.8 Å². The number of hydrogen-bond acceptors (Lipinski definition) is 4. The van der Waals surface area contributed by atoms with Crippen LogP contribution >= 0.6 is 0 Å². The number of allylic oxidation sites excluding steroid dienone is 1. The van der Waals surface area contributed by atoms with Gasteiger partial charge in [-0.15, -0.1) is 0 Å². The van der Waals surface area contributed by atoms with Gasteiger partial charge in [-0.05, 0) is 40.5 Å². The Morgan fingerprint density at radius 2 is 1.68 bits per heavy atom. The van der Waals surface area contributed by atoms with Crippen molar-refractivity contribution in [2.75, 3.05) is 32.7 Å². The number of nitrogens with zero attached hydrogens (tertiary/aromatic N) is 2. The van der Waals surface area contributed by atoms with Gasteiger partial charge in [0.05, 0.1) is 0 Å². The van der Waals surface area contributed by atoms with Gasteiger partial charge in [-0.2, -0.15) is 0 Å². The Morgan fingerprint density at radius 1 is 1.08 bits per heavy atom. The Balaban J connectivity index is 2.47. The van der Waals surface area contributed by atoms with Crippen molar-refractivity contribution in [1.82, 2.24) is 15.1 Å². The van der Waals surface area contributed by atoms with E-state index >= 15 is 0 Å². The summed E-state index contributed by atoms with van der Waals surface area (Å²) in [7, 11) is 0. The van der Waals surface area contributed by atoms with Crippen molar-refractivity contribution in [3.63, 3.8) is 0 Å². The number of amides is 3. The number of nitrogens with one attached hydrogen (secondary N) is 1. The minimum absolute atomic E-state index is 0.000490. The fourth-order valence-corrected chi connectivity index (χ4v) is 2.37. The predicted octanol–water partition coefficient (Wildman–Crippen LogP) is 1.93. The molecule has 25 heavy (non-hydrogen) atoms.